The minimum Gasteiger partial charge on any atom is -0.493 e. The van der Waals surface area contributed by atoms with Gasteiger partial charge in [0.1, 0.15) is 11.6 Å². The van der Waals surface area contributed by atoms with Crippen LogP contribution in [0.3, 0.4) is 0 Å². The zero-order valence-electron chi connectivity index (χ0n) is 22.2. The van der Waals surface area contributed by atoms with Gasteiger partial charge in [0, 0.05) is 38.0 Å². The number of rotatable bonds is 12. The fourth-order valence-electron chi connectivity index (χ4n) is 4.42. The largest absolute Gasteiger partial charge is 0.493 e. The monoisotopic (exact) mass is 539 g/mol. The molecule has 0 spiro atoms. The van der Waals surface area contributed by atoms with Gasteiger partial charge in [-0.1, -0.05) is 19.0 Å². The van der Waals surface area contributed by atoms with Crippen molar-refractivity contribution in [1.82, 2.24) is 25.4 Å². The summed E-state index contributed by atoms with van der Waals surface area (Å²) >= 11 is 0. The van der Waals surface area contributed by atoms with Crippen LogP contribution in [0.1, 0.15) is 55.8 Å². The Morgan fingerprint density at radius 2 is 1.97 bits per heavy atom. The third-order valence-corrected chi connectivity index (χ3v) is 6.48. The van der Waals surface area contributed by atoms with Crippen LogP contribution in [-0.4, -0.2) is 58.2 Å². The molecule has 208 valence electrons. The van der Waals surface area contributed by atoms with E-state index in [4.69, 9.17) is 15.0 Å². The molecule has 1 aromatic carbocycles. The average Bonchev–Trinajstić information content (AvgIpc) is 3.38. The molecule has 0 aliphatic carbocycles. The lowest BCUT2D eigenvalue weighted by Gasteiger charge is -2.32. The minimum atomic E-state index is -0.717. The number of nitrogens with two attached hydrogens (primary N) is 1. The standard InChI is InChI=1S/C27H34FN7O4/c1-17(2)12-24-33-25(34-39-24)19-14-31-27(32-15-19)35-9-7-18(8-10-35)4-3-11-38-20-5-6-21(22(28)13-20)26(37)30-16-23(29)36/h5-6,13-15,17-18H,3-4,7-12,16H2,1-2H3,(H2,29,36)(H,30,37). The smallest absolute Gasteiger partial charge is 0.254 e. The highest BCUT2D eigenvalue weighted by Gasteiger charge is 2.21. The van der Waals surface area contributed by atoms with Crippen LogP contribution in [0.15, 0.2) is 35.1 Å². The number of nitrogens with zero attached hydrogens (tertiary/aromatic N) is 5. The SMILES string of the molecule is CC(C)Cc1nc(-c2cnc(N3CCC(CCCOc4ccc(C(=O)NCC(N)=O)c(F)c4)CC3)nc2)no1. The summed E-state index contributed by atoms with van der Waals surface area (Å²) in [7, 11) is 0. The molecule has 1 aliphatic heterocycles. The molecular weight excluding hydrogens is 505 g/mol. The van der Waals surface area contributed by atoms with Gasteiger partial charge in [0.2, 0.25) is 23.6 Å². The Labute approximate surface area is 226 Å². The number of amides is 2. The minimum absolute atomic E-state index is 0.167. The highest BCUT2D eigenvalue weighted by Crippen LogP contribution is 2.25. The second-order valence-electron chi connectivity index (χ2n) is 10.1. The first-order chi connectivity index (χ1) is 18.8. The van der Waals surface area contributed by atoms with E-state index in [2.05, 4.69) is 44.2 Å². The highest BCUT2D eigenvalue weighted by molar-refractivity contribution is 5.96. The number of carbonyl (C=O) groups is 2. The van der Waals surface area contributed by atoms with E-state index in [1.165, 1.54) is 18.2 Å². The molecule has 0 saturated carbocycles. The van der Waals surface area contributed by atoms with Crippen LogP contribution in [0.2, 0.25) is 0 Å². The van der Waals surface area contributed by atoms with E-state index in [9.17, 15) is 14.0 Å². The molecule has 0 unspecified atom stereocenters. The normalized spacial score (nSPS) is 14.0. The van der Waals surface area contributed by atoms with Crippen molar-refractivity contribution in [3.05, 3.63) is 47.9 Å². The van der Waals surface area contributed by atoms with Gasteiger partial charge >= 0.3 is 0 Å². The van der Waals surface area contributed by atoms with E-state index in [1.807, 2.05) is 0 Å². The van der Waals surface area contributed by atoms with Crippen molar-refractivity contribution in [2.75, 3.05) is 31.1 Å². The zero-order valence-corrected chi connectivity index (χ0v) is 22.2. The number of primary amides is 1. The van der Waals surface area contributed by atoms with Crippen LogP contribution in [-0.2, 0) is 11.2 Å². The lowest BCUT2D eigenvalue weighted by Crippen LogP contribution is -2.34. The summed E-state index contributed by atoms with van der Waals surface area (Å²) in [5.41, 5.74) is 5.55. The van der Waals surface area contributed by atoms with E-state index in [0.717, 1.165) is 50.8 Å². The number of aromatic nitrogens is 4. The molecular formula is C27H34FN7O4. The zero-order chi connectivity index (χ0) is 27.8. The summed E-state index contributed by atoms with van der Waals surface area (Å²) in [4.78, 5) is 38.3. The van der Waals surface area contributed by atoms with Crippen molar-refractivity contribution in [2.45, 2.75) is 46.0 Å². The molecule has 3 aromatic rings. The fourth-order valence-corrected chi connectivity index (χ4v) is 4.42. The van der Waals surface area contributed by atoms with E-state index in [0.29, 0.717) is 41.9 Å². The third-order valence-electron chi connectivity index (χ3n) is 6.48. The van der Waals surface area contributed by atoms with E-state index in [-0.39, 0.29) is 12.1 Å². The summed E-state index contributed by atoms with van der Waals surface area (Å²) in [6, 6.07) is 4.04. The van der Waals surface area contributed by atoms with Gasteiger partial charge < -0.3 is 25.2 Å². The average molecular weight is 540 g/mol. The summed E-state index contributed by atoms with van der Waals surface area (Å²) in [6.07, 6.45) is 8.09. The number of halogens is 1. The molecule has 12 heteroatoms. The van der Waals surface area contributed by atoms with Crippen molar-refractivity contribution in [3.63, 3.8) is 0 Å². The number of carbonyl (C=O) groups excluding carboxylic acids is 2. The number of hydrogen-bond acceptors (Lipinski definition) is 9. The van der Waals surface area contributed by atoms with Gasteiger partial charge in [-0.2, -0.15) is 4.98 Å². The number of nitrogens with one attached hydrogen (secondary N) is 1. The quantitative estimate of drug-likeness (QED) is 0.331. The van der Waals surface area contributed by atoms with Crippen molar-refractivity contribution >= 4 is 17.8 Å². The number of anilines is 1. The van der Waals surface area contributed by atoms with E-state index >= 15 is 0 Å². The van der Waals surface area contributed by atoms with Gasteiger partial charge in [0.25, 0.3) is 5.91 Å². The van der Waals surface area contributed by atoms with E-state index in [1.54, 1.807) is 12.4 Å². The molecule has 1 fully saturated rings. The molecule has 1 saturated heterocycles. The molecule has 4 rings (SSSR count). The molecule has 3 N–H and O–H groups in total. The van der Waals surface area contributed by atoms with Gasteiger partial charge in [-0.25, -0.2) is 14.4 Å². The van der Waals surface area contributed by atoms with Gasteiger partial charge in [0.15, 0.2) is 0 Å². The van der Waals surface area contributed by atoms with Gasteiger partial charge in [0.05, 0.1) is 24.3 Å². The Bertz CT molecular complexity index is 1260. The fraction of sp³-hybridized carbons (Fsp3) is 0.481. The Morgan fingerprint density at radius 1 is 1.23 bits per heavy atom. The van der Waals surface area contributed by atoms with Crippen LogP contribution < -0.4 is 20.7 Å². The van der Waals surface area contributed by atoms with Gasteiger partial charge in [-0.15, -0.1) is 0 Å². The number of piperidine rings is 1. The second kappa shape index (κ2) is 13.1. The maximum absolute atomic E-state index is 14.3. The molecule has 2 amide bonds. The van der Waals surface area contributed by atoms with Crippen LogP contribution in [0.4, 0.5) is 10.3 Å². The Kier molecular flexibility index (Phi) is 9.40. The molecule has 3 heterocycles. The first kappa shape index (κ1) is 27.9. The topological polar surface area (TPSA) is 149 Å². The van der Waals surface area contributed by atoms with Gasteiger partial charge in [-0.3, -0.25) is 9.59 Å². The van der Waals surface area contributed by atoms with Crippen molar-refractivity contribution < 1.29 is 23.2 Å². The Morgan fingerprint density at radius 3 is 2.64 bits per heavy atom. The molecule has 1 aliphatic rings. The van der Waals surface area contributed by atoms with Crippen LogP contribution in [0.5, 0.6) is 5.75 Å². The summed E-state index contributed by atoms with van der Waals surface area (Å²) in [5, 5.41) is 6.30. The number of hydrogen-bond donors (Lipinski definition) is 2. The van der Waals surface area contributed by atoms with Crippen molar-refractivity contribution in [2.24, 2.45) is 17.6 Å². The number of ether oxygens (including phenoxy) is 1. The number of benzene rings is 1. The highest BCUT2D eigenvalue weighted by atomic mass is 19.1. The third kappa shape index (κ3) is 7.95. The summed E-state index contributed by atoms with van der Waals surface area (Å²) in [6.45, 7) is 6.04. The first-order valence-corrected chi connectivity index (χ1v) is 13.2. The molecule has 39 heavy (non-hydrogen) atoms. The first-order valence-electron chi connectivity index (χ1n) is 13.2. The lowest BCUT2D eigenvalue weighted by atomic mass is 9.92. The van der Waals surface area contributed by atoms with Crippen LogP contribution in [0, 0.1) is 17.7 Å². The maximum atomic E-state index is 14.3. The van der Waals surface area contributed by atoms with Crippen LogP contribution >= 0.6 is 0 Å². The molecule has 0 atom stereocenters. The lowest BCUT2D eigenvalue weighted by molar-refractivity contribution is -0.117. The van der Waals surface area contributed by atoms with Gasteiger partial charge in [-0.05, 0) is 49.7 Å². The van der Waals surface area contributed by atoms with Crippen molar-refractivity contribution in [3.8, 4) is 17.1 Å². The predicted octanol–water partition coefficient (Wildman–Crippen LogP) is 3.15. The molecule has 11 nitrogen and oxygen atoms in total. The maximum Gasteiger partial charge on any atom is 0.254 e. The van der Waals surface area contributed by atoms with Crippen molar-refractivity contribution in [1.29, 1.82) is 0 Å². The molecule has 2 aromatic heterocycles. The second-order valence-corrected chi connectivity index (χ2v) is 10.1. The van der Waals surface area contributed by atoms with E-state index < -0.39 is 17.6 Å². The Balaban J connectivity index is 1.17. The molecule has 0 radical (unpaired) electrons. The summed E-state index contributed by atoms with van der Waals surface area (Å²) in [5.74, 6) is 1.05. The molecule has 0 bridgehead atoms. The Hall–Kier alpha value is -4.09. The summed E-state index contributed by atoms with van der Waals surface area (Å²) < 4.78 is 25.3. The van der Waals surface area contributed by atoms with Crippen LogP contribution in [0.25, 0.3) is 11.4 Å². The predicted molar refractivity (Wildman–Crippen MR) is 141 cm³/mol.